The molecule has 1 heterocycles. The number of nitrogens with two attached hydrogens (primary N) is 1. The highest BCUT2D eigenvalue weighted by Crippen LogP contribution is 2.27. The van der Waals surface area contributed by atoms with Crippen molar-refractivity contribution >= 4 is 39.8 Å². The molecule has 0 fully saturated rings. The highest BCUT2D eigenvalue weighted by molar-refractivity contribution is 7.18. The summed E-state index contributed by atoms with van der Waals surface area (Å²) in [5, 5.41) is 4.29. The number of nitrogens with zero attached hydrogens (tertiary/aromatic N) is 2. The van der Waals surface area contributed by atoms with E-state index in [4.69, 9.17) is 17.3 Å². The van der Waals surface area contributed by atoms with E-state index >= 15 is 0 Å². The quantitative estimate of drug-likeness (QED) is 0.907. The minimum atomic E-state index is -0.222. The van der Waals surface area contributed by atoms with Crippen LogP contribution in [0.3, 0.4) is 0 Å². The molecule has 7 heteroatoms. The monoisotopic (exact) mass is 324 g/mol. The van der Waals surface area contributed by atoms with E-state index in [0.29, 0.717) is 15.0 Å². The molecule has 0 aliphatic carbocycles. The number of aromatic nitrogens is 1. The zero-order valence-electron chi connectivity index (χ0n) is 12.1. The molecule has 2 aromatic rings. The average Bonchev–Trinajstić information content (AvgIpc) is 2.81. The van der Waals surface area contributed by atoms with Gasteiger partial charge in [0, 0.05) is 19.1 Å². The third-order valence-corrected chi connectivity index (χ3v) is 4.44. The maximum absolute atomic E-state index is 12.3. The van der Waals surface area contributed by atoms with Gasteiger partial charge in [-0.1, -0.05) is 35.1 Å². The maximum Gasteiger partial charge on any atom is 0.265 e. The van der Waals surface area contributed by atoms with Gasteiger partial charge in [0.05, 0.1) is 6.04 Å². The number of hydrogen-bond donors (Lipinski definition) is 2. The molecule has 0 spiro atoms. The summed E-state index contributed by atoms with van der Waals surface area (Å²) in [7, 11) is 3.71. The Kier molecular flexibility index (Phi) is 4.69. The molecule has 0 radical (unpaired) electrons. The van der Waals surface area contributed by atoms with Gasteiger partial charge in [0.25, 0.3) is 5.91 Å². The van der Waals surface area contributed by atoms with Crippen LogP contribution in [0.4, 0.5) is 10.9 Å². The molecule has 0 aliphatic rings. The van der Waals surface area contributed by atoms with Crippen LogP contribution in [0.2, 0.25) is 5.02 Å². The van der Waals surface area contributed by atoms with Crippen molar-refractivity contribution < 1.29 is 4.79 Å². The van der Waals surface area contributed by atoms with Crippen molar-refractivity contribution in [3.05, 3.63) is 39.7 Å². The smallest absolute Gasteiger partial charge is 0.265 e. The molecule has 0 aliphatic heterocycles. The molecule has 21 heavy (non-hydrogen) atoms. The summed E-state index contributed by atoms with van der Waals surface area (Å²) in [6, 6.07) is 7.22. The largest absolute Gasteiger partial charge is 0.382 e. The second-order valence-electron chi connectivity index (χ2n) is 4.85. The zero-order chi connectivity index (χ0) is 15.6. The lowest BCUT2D eigenvalue weighted by molar-refractivity contribution is 0.0944. The number of benzene rings is 1. The Hall–Kier alpha value is -1.79. The Morgan fingerprint density at radius 1 is 1.38 bits per heavy atom. The Morgan fingerprint density at radius 2 is 2.00 bits per heavy atom. The molecule has 1 aromatic carbocycles. The van der Waals surface area contributed by atoms with Crippen LogP contribution in [0, 0.1) is 0 Å². The van der Waals surface area contributed by atoms with Gasteiger partial charge in [-0.3, -0.25) is 4.79 Å². The third-order valence-electron chi connectivity index (χ3n) is 2.95. The lowest BCUT2D eigenvalue weighted by Gasteiger charge is -2.13. The molecular weight excluding hydrogens is 308 g/mol. The Labute approximate surface area is 132 Å². The first-order chi connectivity index (χ1) is 9.88. The number of carbonyl (C=O) groups excluding carboxylic acids is 1. The Morgan fingerprint density at radius 3 is 2.52 bits per heavy atom. The van der Waals surface area contributed by atoms with E-state index in [1.54, 1.807) is 12.1 Å². The van der Waals surface area contributed by atoms with Crippen LogP contribution in [0.15, 0.2) is 24.3 Å². The van der Waals surface area contributed by atoms with Crippen LogP contribution >= 0.6 is 22.9 Å². The molecule has 112 valence electrons. The topological polar surface area (TPSA) is 71.2 Å². The van der Waals surface area contributed by atoms with Crippen LogP contribution in [0.5, 0.6) is 0 Å². The van der Waals surface area contributed by atoms with E-state index < -0.39 is 0 Å². The van der Waals surface area contributed by atoms with Crippen LogP contribution in [-0.2, 0) is 0 Å². The SMILES string of the molecule is CC(NC(=O)c1sc(N(C)C)nc1N)c1ccc(Cl)cc1. The van der Waals surface area contributed by atoms with E-state index in [0.717, 1.165) is 5.56 Å². The molecule has 0 saturated heterocycles. The van der Waals surface area contributed by atoms with Crippen LogP contribution in [-0.4, -0.2) is 25.0 Å². The van der Waals surface area contributed by atoms with E-state index in [2.05, 4.69) is 10.3 Å². The molecule has 5 nitrogen and oxygen atoms in total. The standard InChI is InChI=1S/C14H17ClN4OS/c1-8(9-4-6-10(15)7-5-9)17-13(20)11-12(16)18-14(21-11)19(2)3/h4-8H,16H2,1-3H3,(H,17,20). The van der Waals surface area contributed by atoms with Crippen LogP contribution in [0.1, 0.15) is 28.2 Å². The van der Waals surface area contributed by atoms with E-state index in [1.807, 2.05) is 38.1 Å². The summed E-state index contributed by atoms with van der Waals surface area (Å²) in [4.78, 5) is 18.7. The van der Waals surface area contributed by atoms with Crippen LogP contribution < -0.4 is 16.0 Å². The van der Waals surface area contributed by atoms with Gasteiger partial charge in [0.2, 0.25) is 0 Å². The van der Waals surface area contributed by atoms with Crippen molar-refractivity contribution in [1.29, 1.82) is 0 Å². The number of nitrogen functional groups attached to an aromatic ring is 1. The average molecular weight is 325 g/mol. The highest BCUT2D eigenvalue weighted by Gasteiger charge is 2.19. The molecule has 3 N–H and O–H groups in total. The second-order valence-corrected chi connectivity index (χ2v) is 6.27. The normalized spacial score (nSPS) is 12.0. The van der Waals surface area contributed by atoms with Crippen molar-refractivity contribution in [1.82, 2.24) is 10.3 Å². The Balaban J connectivity index is 2.12. The van der Waals surface area contributed by atoms with Crippen molar-refractivity contribution in [2.75, 3.05) is 24.7 Å². The molecule has 1 amide bonds. The highest BCUT2D eigenvalue weighted by atomic mass is 35.5. The van der Waals surface area contributed by atoms with Crippen molar-refractivity contribution in [3.8, 4) is 0 Å². The lowest BCUT2D eigenvalue weighted by atomic mass is 10.1. The second kappa shape index (κ2) is 6.32. The number of anilines is 2. The van der Waals surface area contributed by atoms with Crippen LogP contribution in [0.25, 0.3) is 0 Å². The minimum absolute atomic E-state index is 0.140. The number of thiazole rings is 1. The summed E-state index contributed by atoms with van der Waals surface area (Å²) < 4.78 is 0. The lowest BCUT2D eigenvalue weighted by Crippen LogP contribution is -2.26. The summed E-state index contributed by atoms with van der Waals surface area (Å²) in [6.45, 7) is 1.91. The molecule has 1 atom stereocenters. The summed E-state index contributed by atoms with van der Waals surface area (Å²) in [6.07, 6.45) is 0. The minimum Gasteiger partial charge on any atom is -0.382 e. The van der Waals surface area contributed by atoms with Gasteiger partial charge >= 0.3 is 0 Å². The van der Waals surface area contributed by atoms with Gasteiger partial charge in [-0.25, -0.2) is 4.98 Å². The molecular formula is C14H17ClN4OS. The maximum atomic E-state index is 12.3. The number of hydrogen-bond acceptors (Lipinski definition) is 5. The summed E-state index contributed by atoms with van der Waals surface area (Å²) in [5.41, 5.74) is 6.78. The number of carbonyl (C=O) groups is 1. The summed E-state index contributed by atoms with van der Waals surface area (Å²) in [5.74, 6) is 0.0325. The number of nitrogens with one attached hydrogen (secondary N) is 1. The van der Waals surface area contributed by atoms with Gasteiger partial charge in [0.1, 0.15) is 10.7 Å². The fourth-order valence-corrected chi connectivity index (χ4v) is 2.71. The third kappa shape index (κ3) is 3.65. The number of amides is 1. The summed E-state index contributed by atoms with van der Waals surface area (Å²) >= 11 is 7.13. The van der Waals surface area contributed by atoms with E-state index in [1.165, 1.54) is 11.3 Å². The predicted octanol–water partition coefficient (Wildman–Crippen LogP) is 2.94. The van der Waals surface area contributed by atoms with E-state index in [-0.39, 0.29) is 17.8 Å². The van der Waals surface area contributed by atoms with Gasteiger partial charge in [-0.2, -0.15) is 0 Å². The first kappa shape index (κ1) is 15.6. The van der Waals surface area contributed by atoms with Gasteiger partial charge in [-0.15, -0.1) is 0 Å². The van der Waals surface area contributed by atoms with Gasteiger partial charge < -0.3 is 16.0 Å². The van der Waals surface area contributed by atoms with Crippen molar-refractivity contribution in [2.24, 2.45) is 0 Å². The molecule has 2 rings (SSSR count). The fraction of sp³-hybridized carbons (Fsp3) is 0.286. The first-order valence-corrected chi connectivity index (χ1v) is 7.58. The molecule has 0 bridgehead atoms. The Bertz CT molecular complexity index is 639. The van der Waals surface area contributed by atoms with Gasteiger partial charge in [-0.05, 0) is 24.6 Å². The van der Waals surface area contributed by atoms with Crippen molar-refractivity contribution in [3.63, 3.8) is 0 Å². The van der Waals surface area contributed by atoms with E-state index in [9.17, 15) is 4.79 Å². The fourth-order valence-electron chi connectivity index (χ4n) is 1.77. The molecule has 1 unspecified atom stereocenters. The molecule has 0 saturated carbocycles. The number of halogens is 1. The first-order valence-electron chi connectivity index (χ1n) is 6.38. The predicted molar refractivity (Wildman–Crippen MR) is 88.2 cm³/mol. The molecule has 1 aromatic heterocycles. The van der Waals surface area contributed by atoms with Crippen molar-refractivity contribution in [2.45, 2.75) is 13.0 Å². The zero-order valence-corrected chi connectivity index (χ0v) is 13.6. The number of rotatable bonds is 4. The van der Waals surface area contributed by atoms with Gasteiger partial charge in [0.15, 0.2) is 5.13 Å².